The molecular formula is C9H20NO9P. The fourth-order valence-electron chi connectivity index (χ4n) is 0.589. The zero-order chi connectivity index (χ0) is 16.2. The van der Waals surface area contributed by atoms with Crippen molar-refractivity contribution in [3.05, 3.63) is 12.7 Å². The van der Waals surface area contributed by atoms with Gasteiger partial charge in [-0.3, -0.25) is 9.32 Å². The first-order valence-electron chi connectivity index (χ1n) is 5.30. The SMILES string of the molecule is C=CCOCC(O)CO.NC(COP(=O)(O)O)C(=O)O. The van der Waals surface area contributed by atoms with Crippen molar-refractivity contribution in [2.24, 2.45) is 5.73 Å². The molecule has 0 aliphatic carbocycles. The molecule has 10 nitrogen and oxygen atoms in total. The minimum Gasteiger partial charge on any atom is -0.480 e. The maximum Gasteiger partial charge on any atom is 0.469 e. The Kier molecular flexibility index (Phi) is 12.8. The molecule has 0 spiro atoms. The number of carboxylic acid groups (broad SMARTS) is 1. The predicted octanol–water partition coefficient (Wildman–Crippen LogP) is -1.95. The van der Waals surface area contributed by atoms with Gasteiger partial charge in [0, 0.05) is 0 Å². The molecule has 2 atom stereocenters. The van der Waals surface area contributed by atoms with E-state index in [9.17, 15) is 9.36 Å². The highest BCUT2D eigenvalue weighted by Crippen LogP contribution is 2.35. The second-order valence-electron chi connectivity index (χ2n) is 3.39. The summed E-state index contributed by atoms with van der Waals surface area (Å²) in [6.45, 7) is 3.04. The highest BCUT2D eigenvalue weighted by molar-refractivity contribution is 7.46. The van der Waals surface area contributed by atoms with Gasteiger partial charge in [-0.25, -0.2) is 4.57 Å². The molecule has 0 rings (SSSR count). The number of aliphatic hydroxyl groups excluding tert-OH is 2. The zero-order valence-electron chi connectivity index (χ0n) is 10.7. The molecule has 7 N–H and O–H groups in total. The van der Waals surface area contributed by atoms with Crippen LogP contribution < -0.4 is 5.73 Å². The van der Waals surface area contributed by atoms with Crippen LogP contribution in [0.25, 0.3) is 0 Å². The minimum absolute atomic E-state index is 0.169. The fraction of sp³-hybridized carbons (Fsp3) is 0.667. The van der Waals surface area contributed by atoms with Crippen LogP contribution >= 0.6 is 7.82 Å². The van der Waals surface area contributed by atoms with Gasteiger partial charge in [-0.05, 0) is 0 Å². The molecule has 2 unspecified atom stereocenters. The van der Waals surface area contributed by atoms with Gasteiger partial charge in [0.1, 0.15) is 12.1 Å². The summed E-state index contributed by atoms with van der Waals surface area (Å²) in [4.78, 5) is 26.1. The fourth-order valence-corrected chi connectivity index (χ4v) is 0.944. The number of hydrogen-bond acceptors (Lipinski definition) is 7. The summed E-state index contributed by atoms with van der Waals surface area (Å²) >= 11 is 0. The van der Waals surface area contributed by atoms with E-state index in [2.05, 4.69) is 11.1 Å². The Labute approximate surface area is 115 Å². The van der Waals surface area contributed by atoms with Gasteiger partial charge >= 0.3 is 13.8 Å². The van der Waals surface area contributed by atoms with Crippen LogP contribution in [0, 0.1) is 0 Å². The third-order valence-electron chi connectivity index (χ3n) is 1.50. The topological polar surface area (TPSA) is 180 Å². The van der Waals surface area contributed by atoms with Crippen LogP contribution in [0.3, 0.4) is 0 Å². The van der Waals surface area contributed by atoms with Gasteiger partial charge in [-0.2, -0.15) is 0 Å². The van der Waals surface area contributed by atoms with E-state index in [-0.39, 0.29) is 13.2 Å². The third-order valence-corrected chi connectivity index (χ3v) is 1.98. The Morgan fingerprint density at radius 3 is 2.30 bits per heavy atom. The molecule has 0 amide bonds. The summed E-state index contributed by atoms with van der Waals surface area (Å²) in [5, 5.41) is 25.1. The van der Waals surface area contributed by atoms with Gasteiger partial charge in [-0.1, -0.05) is 6.08 Å². The highest BCUT2D eigenvalue weighted by atomic mass is 31.2. The maximum absolute atomic E-state index is 9.98. The average Bonchev–Trinajstić information content (AvgIpc) is 2.35. The normalized spacial score (nSPS) is 13.8. The molecule has 0 saturated heterocycles. The number of phosphoric acid groups is 1. The Balaban J connectivity index is 0. The average molecular weight is 317 g/mol. The molecule has 0 aliphatic rings. The number of nitrogens with two attached hydrogens (primary N) is 1. The molecule has 0 aromatic carbocycles. The molecule has 0 aromatic heterocycles. The number of hydrogen-bond donors (Lipinski definition) is 6. The van der Waals surface area contributed by atoms with E-state index in [1.54, 1.807) is 6.08 Å². The van der Waals surface area contributed by atoms with Crippen LogP contribution in [0.4, 0.5) is 0 Å². The number of phosphoric ester groups is 1. The van der Waals surface area contributed by atoms with Crippen molar-refractivity contribution in [2.75, 3.05) is 26.4 Å². The smallest absolute Gasteiger partial charge is 0.469 e. The number of carboxylic acids is 1. The van der Waals surface area contributed by atoms with Crippen LogP contribution in [-0.2, 0) is 18.6 Å². The summed E-state index contributed by atoms with van der Waals surface area (Å²) in [5.41, 5.74) is 4.86. The maximum atomic E-state index is 9.98. The number of ether oxygens (including phenoxy) is 1. The van der Waals surface area contributed by atoms with Crippen LogP contribution in [-0.4, -0.2) is 69.6 Å². The Hall–Kier alpha value is -0.840. The summed E-state index contributed by atoms with van der Waals surface area (Å²) in [7, 11) is -4.60. The van der Waals surface area contributed by atoms with E-state index >= 15 is 0 Å². The molecule has 0 heterocycles. The third kappa shape index (κ3) is 17.2. The lowest BCUT2D eigenvalue weighted by atomic mass is 10.3. The van der Waals surface area contributed by atoms with E-state index in [0.29, 0.717) is 6.61 Å². The highest BCUT2D eigenvalue weighted by Gasteiger charge is 2.19. The van der Waals surface area contributed by atoms with Crippen molar-refractivity contribution in [1.82, 2.24) is 0 Å². The molecule has 0 fully saturated rings. The predicted molar refractivity (Wildman–Crippen MR) is 67.7 cm³/mol. The van der Waals surface area contributed by atoms with Gasteiger partial charge in [0.25, 0.3) is 0 Å². The van der Waals surface area contributed by atoms with E-state index in [1.807, 2.05) is 0 Å². The van der Waals surface area contributed by atoms with Crippen LogP contribution in [0.2, 0.25) is 0 Å². The van der Waals surface area contributed by atoms with Crippen LogP contribution in [0.5, 0.6) is 0 Å². The van der Waals surface area contributed by atoms with Crippen molar-refractivity contribution < 1.29 is 43.7 Å². The van der Waals surface area contributed by atoms with E-state index < -0.39 is 32.5 Å². The number of carbonyl (C=O) groups is 1. The number of rotatable bonds is 9. The van der Waals surface area contributed by atoms with Gasteiger partial charge < -0.3 is 35.6 Å². The zero-order valence-corrected chi connectivity index (χ0v) is 11.6. The van der Waals surface area contributed by atoms with Crippen LogP contribution in [0.1, 0.15) is 0 Å². The second-order valence-corrected chi connectivity index (χ2v) is 4.63. The molecule has 0 aromatic rings. The molecule has 11 heteroatoms. The van der Waals surface area contributed by atoms with E-state index in [4.69, 9.17) is 35.6 Å². The van der Waals surface area contributed by atoms with Crippen molar-refractivity contribution in [3.8, 4) is 0 Å². The Morgan fingerprint density at radius 2 is 1.95 bits per heavy atom. The van der Waals surface area contributed by atoms with Crippen molar-refractivity contribution in [3.63, 3.8) is 0 Å². The first-order valence-corrected chi connectivity index (χ1v) is 6.83. The van der Waals surface area contributed by atoms with Gasteiger partial charge in [0.05, 0.1) is 26.4 Å². The first kappa shape index (κ1) is 21.5. The number of aliphatic carboxylic acids is 1. The quantitative estimate of drug-likeness (QED) is 0.159. The van der Waals surface area contributed by atoms with Crippen LogP contribution in [0.15, 0.2) is 12.7 Å². The largest absolute Gasteiger partial charge is 0.480 e. The molecule has 120 valence electrons. The summed E-state index contributed by atoms with van der Waals surface area (Å²) in [6, 6.07) is -1.41. The standard InChI is InChI=1S/C6H12O3.C3H8NO6P/c1-2-3-9-5-6(8)4-7;4-2(3(5)6)1-10-11(7,8)9/h2,6-8H,1,3-5H2;2H,1,4H2,(H,5,6)(H2,7,8,9). The Morgan fingerprint density at radius 1 is 1.40 bits per heavy atom. The molecule has 0 bridgehead atoms. The Bertz CT molecular complexity index is 319. The molecule has 0 saturated carbocycles. The van der Waals surface area contributed by atoms with E-state index in [0.717, 1.165) is 0 Å². The van der Waals surface area contributed by atoms with Crippen molar-refractivity contribution in [2.45, 2.75) is 12.1 Å². The van der Waals surface area contributed by atoms with Gasteiger partial charge in [-0.15, -0.1) is 6.58 Å². The van der Waals surface area contributed by atoms with Crippen molar-refractivity contribution >= 4 is 13.8 Å². The molecular weight excluding hydrogens is 297 g/mol. The first-order chi connectivity index (χ1) is 9.14. The summed E-state index contributed by atoms with van der Waals surface area (Å²) < 4.78 is 18.6. The lowest BCUT2D eigenvalue weighted by Gasteiger charge is -2.07. The van der Waals surface area contributed by atoms with Gasteiger partial charge in [0.15, 0.2) is 0 Å². The number of aliphatic hydroxyl groups is 2. The van der Waals surface area contributed by atoms with Gasteiger partial charge in [0.2, 0.25) is 0 Å². The van der Waals surface area contributed by atoms with Crippen molar-refractivity contribution in [1.29, 1.82) is 0 Å². The minimum atomic E-state index is -4.60. The second kappa shape index (κ2) is 11.9. The molecule has 0 aliphatic heterocycles. The van der Waals surface area contributed by atoms with E-state index in [1.165, 1.54) is 0 Å². The lowest BCUT2D eigenvalue weighted by molar-refractivity contribution is -0.139. The molecule has 0 radical (unpaired) electrons. The summed E-state index contributed by atoms with van der Waals surface area (Å²) in [6.07, 6.45) is 0.828. The monoisotopic (exact) mass is 317 g/mol. The summed E-state index contributed by atoms with van der Waals surface area (Å²) in [5.74, 6) is -1.38. The molecule has 20 heavy (non-hydrogen) atoms. The lowest BCUT2D eigenvalue weighted by Crippen LogP contribution is -2.34.